The smallest absolute Gasteiger partial charge is 0.354 e. The van der Waals surface area contributed by atoms with Gasteiger partial charge in [-0.2, -0.15) is 5.10 Å². The Bertz CT molecular complexity index is 777. The van der Waals surface area contributed by atoms with Crippen molar-refractivity contribution >= 4 is 5.97 Å². The number of benzene rings is 1. The van der Waals surface area contributed by atoms with Crippen LogP contribution in [0.1, 0.15) is 16.1 Å². The molecule has 0 radical (unpaired) electrons. The predicted molar refractivity (Wildman–Crippen MR) is 78.5 cm³/mol. The highest BCUT2D eigenvalue weighted by molar-refractivity contribution is 5.88. The summed E-state index contributed by atoms with van der Waals surface area (Å²) in [5.74, 6) is -1.02. The van der Waals surface area contributed by atoms with Gasteiger partial charge in [-0.15, -0.1) is 0 Å². The van der Waals surface area contributed by atoms with Crippen LogP contribution in [0.3, 0.4) is 0 Å². The van der Waals surface area contributed by atoms with Gasteiger partial charge in [0, 0.05) is 12.3 Å². The van der Waals surface area contributed by atoms with E-state index in [1.54, 1.807) is 18.3 Å². The van der Waals surface area contributed by atoms with Crippen molar-refractivity contribution in [3.8, 4) is 17.1 Å². The third kappa shape index (κ3) is 2.53. The molecule has 1 aromatic carbocycles. The molecular weight excluding hydrogens is 266 g/mol. The normalized spacial score (nSPS) is 10.5. The number of hydrogen-bond acceptors (Lipinski definition) is 3. The van der Waals surface area contributed by atoms with Gasteiger partial charge in [-0.3, -0.25) is 4.98 Å². The van der Waals surface area contributed by atoms with Gasteiger partial charge < -0.3 is 5.11 Å². The van der Waals surface area contributed by atoms with Crippen molar-refractivity contribution in [2.45, 2.75) is 6.92 Å². The van der Waals surface area contributed by atoms with E-state index in [4.69, 9.17) is 0 Å². The molecule has 0 unspecified atom stereocenters. The SMILES string of the molecule is Cc1ccc(-n2nc(-c3ccccn3)cc2C(=O)O)cc1. The summed E-state index contributed by atoms with van der Waals surface area (Å²) in [5.41, 5.74) is 3.10. The van der Waals surface area contributed by atoms with Gasteiger partial charge in [0.2, 0.25) is 0 Å². The summed E-state index contributed by atoms with van der Waals surface area (Å²) in [4.78, 5) is 15.6. The Morgan fingerprint density at radius 2 is 1.86 bits per heavy atom. The van der Waals surface area contributed by atoms with Gasteiger partial charge in [0.1, 0.15) is 5.69 Å². The molecule has 3 rings (SSSR count). The van der Waals surface area contributed by atoms with Gasteiger partial charge in [-0.25, -0.2) is 9.48 Å². The van der Waals surface area contributed by atoms with Crippen molar-refractivity contribution in [2.75, 3.05) is 0 Å². The third-order valence-electron chi connectivity index (χ3n) is 3.13. The standard InChI is InChI=1S/C16H13N3O2/c1-11-5-7-12(8-6-11)19-15(16(20)21)10-14(18-19)13-4-2-3-9-17-13/h2-10H,1H3,(H,20,21). The van der Waals surface area contributed by atoms with Crippen LogP contribution in [0, 0.1) is 6.92 Å². The highest BCUT2D eigenvalue weighted by atomic mass is 16.4. The Kier molecular flexibility index (Phi) is 3.23. The Balaban J connectivity index is 2.14. The van der Waals surface area contributed by atoms with E-state index >= 15 is 0 Å². The number of aryl methyl sites for hydroxylation is 1. The first-order valence-corrected chi connectivity index (χ1v) is 6.47. The Labute approximate surface area is 121 Å². The summed E-state index contributed by atoms with van der Waals surface area (Å²) in [6.07, 6.45) is 1.65. The fourth-order valence-electron chi connectivity index (χ4n) is 2.06. The predicted octanol–water partition coefficient (Wildman–Crippen LogP) is 2.94. The molecule has 0 aliphatic carbocycles. The maximum absolute atomic E-state index is 11.4. The van der Waals surface area contributed by atoms with Crippen LogP contribution in [0.25, 0.3) is 17.1 Å². The molecule has 0 amide bonds. The zero-order valence-corrected chi connectivity index (χ0v) is 11.4. The van der Waals surface area contributed by atoms with Crippen LogP contribution in [0.4, 0.5) is 0 Å². The second kappa shape index (κ2) is 5.20. The monoisotopic (exact) mass is 279 g/mol. The van der Waals surface area contributed by atoms with Gasteiger partial charge in [0.25, 0.3) is 0 Å². The average molecular weight is 279 g/mol. The number of carboxylic acid groups (broad SMARTS) is 1. The summed E-state index contributed by atoms with van der Waals surface area (Å²) < 4.78 is 1.42. The number of hydrogen-bond donors (Lipinski definition) is 1. The van der Waals surface area contributed by atoms with E-state index in [0.29, 0.717) is 17.1 Å². The van der Waals surface area contributed by atoms with E-state index in [9.17, 15) is 9.90 Å². The van der Waals surface area contributed by atoms with E-state index in [2.05, 4.69) is 10.1 Å². The van der Waals surface area contributed by atoms with E-state index in [1.165, 1.54) is 10.7 Å². The number of carbonyl (C=O) groups is 1. The lowest BCUT2D eigenvalue weighted by Gasteiger charge is -2.04. The molecule has 5 heteroatoms. The lowest BCUT2D eigenvalue weighted by atomic mass is 10.2. The van der Waals surface area contributed by atoms with Crippen molar-refractivity contribution in [3.63, 3.8) is 0 Å². The summed E-state index contributed by atoms with van der Waals surface area (Å²) in [6, 6.07) is 14.5. The third-order valence-corrected chi connectivity index (χ3v) is 3.13. The number of nitrogens with zero attached hydrogens (tertiary/aromatic N) is 3. The van der Waals surface area contributed by atoms with E-state index in [0.717, 1.165) is 5.56 Å². The number of aromatic nitrogens is 3. The van der Waals surface area contributed by atoms with Crippen molar-refractivity contribution in [3.05, 3.63) is 66.0 Å². The van der Waals surface area contributed by atoms with Crippen LogP contribution >= 0.6 is 0 Å². The maximum atomic E-state index is 11.4. The van der Waals surface area contributed by atoms with Crippen molar-refractivity contribution in [1.29, 1.82) is 0 Å². The van der Waals surface area contributed by atoms with Gasteiger partial charge in [-0.05, 0) is 31.2 Å². The molecule has 0 fully saturated rings. The maximum Gasteiger partial charge on any atom is 0.354 e. The quantitative estimate of drug-likeness (QED) is 0.800. The molecule has 21 heavy (non-hydrogen) atoms. The van der Waals surface area contributed by atoms with E-state index in [-0.39, 0.29) is 5.69 Å². The number of aromatic carboxylic acids is 1. The van der Waals surface area contributed by atoms with Crippen LogP contribution in [0.15, 0.2) is 54.7 Å². The molecule has 104 valence electrons. The van der Waals surface area contributed by atoms with Crippen molar-refractivity contribution < 1.29 is 9.90 Å². The number of rotatable bonds is 3. The second-order valence-corrected chi connectivity index (χ2v) is 4.68. The van der Waals surface area contributed by atoms with Crippen LogP contribution in [0.2, 0.25) is 0 Å². The first-order valence-electron chi connectivity index (χ1n) is 6.47. The zero-order valence-electron chi connectivity index (χ0n) is 11.4. The summed E-state index contributed by atoms with van der Waals surface area (Å²) in [7, 11) is 0. The van der Waals surface area contributed by atoms with Gasteiger partial charge in [0.05, 0.1) is 11.4 Å². The van der Waals surface area contributed by atoms with Gasteiger partial charge in [-0.1, -0.05) is 23.8 Å². The van der Waals surface area contributed by atoms with Crippen molar-refractivity contribution in [2.24, 2.45) is 0 Å². The van der Waals surface area contributed by atoms with Crippen LogP contribution in [-0.4, -0.2) is 25.8 Å². The minimum atomic E-state index is -1.02. The first-order chi connectivity index (χ1) is 10.1. The summed E-state index contributed by atoms with van der Waals surface area (Å²) in [5, 5.41) is 13.7. The van der Waals surface area contributed by atoms with Gasteiger partial charge in [0.15, 0.2) is 5.69 Å². The lowest BCUT2D eigenvalue weighted by Crippen LogP contribution is -2.07. The van der Waals surface area contributed by atoms with Crippen molar-refractivity contribution in [1.82, 2.24) is 14.8 Å². The highest BCUT2D eigenvalue weighted by Crippen LogP contribution is 2.20. The molecule has 0 atom stereocenters. The summed E-state index contributed by atoms with van der Waals surface area (Å²) in [6.45, 7) is 1.98. The minimum Gasteiger partial charge on any atom is -0.477 e. The van der Waals surface area contributed by atoms with Gasteiger partial charge >= 0.3 is 5.97 Å². The Morgan fingerprint density at radius 3 is 2.48 bits per heavy atom. The van der Waals surface area contributed by atoms with E-state index in [1.807, 2.05) is 37.3 Å². The molecule has 0 spiro atoms. The topological polar surface area (TPSA) is 68.0 Å². The average Bonchev–Trinajstić information content (AvgIpc) is 2.94. The molecule has 1 N–H and O–H groups in total. The summed E-state index contributed by atoms with van der Waals surface area (Å²) >= 11 is 0. The molecule has 2 aromatic heterocycles. The molecule has 2 heterocycles. The molecule has 0 bridgehead atoms. The minimum absolute atomic E-state index is 0.111. The Morgan fingerprint density at radius 1 is 1.10 bits per heavy atom. The fraction of sp³-hybridized carbons (Fsp3) is 0.0625. The molecule has 5 nitrogen and oxygen atoms in total. The molecule has 0 saturated heterocycles. The van der Waals surface area contributed by atoms with Crippen LogP contribution in [0.5, 0.6) is 0 Å². The molecular formula is C16H13N3O2. The molecule has 0 aliphatic heterocycles. The zero-order chi connectivity index (χ0) is 14.8. The first kappa shape index (κ1) is 13.1. The van der Waals surface area contributed by atoms with Crippen LogP contribution < -0.4 is 0 Å². The largest absolute Gasteiger partial charge is 0.477 e. The number of carboxylic acids is 1. The highest BCUT2D eigenvalue weighted by Gasteiger charge is 2.16. The molecule has 0 saturated carbocycles. The second-order valence-electron chi connectivity index (χ2n) is 4.68. The molecule has 0 aliphatic rings. The molecule has 3 aromatic rings. The van der Waals surface area contributed by atoms with Crippen LogP contribution in [-0.2, 0) is 0 Å². The van der Waals surface area contributed by atoms with E-state index < -0.39 is 5.97 Å². The fourth-order valence-corrected chi connectivity index (χ4v) is 2.06. The lowest BCUT2D eigenvalue weighted by molar-refractivity contribution is 0.0687. The number of pyridine rings is 1. The Hall–Kier alpha value is -2.95.